The van der Waals surface area contributed by atoms with Crippen molar-refractivity contribution in [1.82, 2.24) is 4.98 Å². The molecule has 0 spiro atoms. The Morgan fingerprint density at radius 3 is 2.29 bits per heavy atom. The number of aromatic nitrogens is 1. The van der Waals surface area contributed by atoms with E-state index in [0.717, 1.165) is 5.56 Å². The molecule has 3 unspecified atom stereocenters. The number of carbonyl (C=O) groups is 1. The van der Waals surface area contributed by atoms with Crippen LogP contribution in [-0.2, 0) is 25.8 Å². The minimum absolute atomic E-state index is 0.110. The number of hydrogen-bond acceptors (Lipinski definition) is 9. The van der Waals surface area contributed by atoms with Gasteiger partial charge in [-0.3, -0.25) is 9.78 Å². The Kier molecular flexibility index (Phi) is 6.53. The summed E-state index contributed by atoms with van der Waals surface area (Å²) < 4.78 is 5.98. The molecule has 1 N–H and O–H groups in total. The molecule has 34 heavy (non-hydrogen) atoms. The molecule has 1 aromatic carbocycles. The molecule has 2 heterocycles. The van der Waals surface area contributed by atoms with Crippen LogP contribution in [0.5, 0.6) is 0 Å². The second kappa shape index (κ2) is 9.39. The summed E-state index contributed by atoms with van der Waals surface area (Å²) in [5.41, 5.74) is 3.12. The molecule has 0 saturated heterocycles. The van der Waals surface area contributed by atoms with Crippen molar-refractivity contribution in [2.24, 2.45) is 5.92 Å². The maximum absolute atomic E-state index is 12.5. The molecule has 12 nitrogen and oxygen atoms in total. The molecule has 4 rings (SSSR count). The fourth-order valence-corrected chi connectivity index (χ4v) is 5.06. The Bertz CT molecular complexity index is 1100. The van der Waals surface area contributed by atoms with E-state index in [1.54, 1.807) is 25.3 Å². The van der Waals surface area contributed by atoms with Gasteiger partial charge >= 0.3 is 5.97 Å². The third-order valence-electron chi connectivity index (χ3n) is 6.29. The lowest BCUT2D eigenvalue weighted by Gasteiger charge is -2.23. The van der Waals surface area contributed by atoms with Crippen LogP contribution in [0.1, 0.15) is 52.8 Å². The zero-order chi connectivity index (χ0) is 24.6. The fourth-order valence-electron chi connectivity index (χ4n) is 4.93. The first-order valence-corrected chi connectivity index (χ1v) is 10.7. The molecule has 5 atom stereocenters. The van der Waals surface area contributed by atoms with Gasteiger partial charge in [-0.05, 0) is 54.5 Å². The number of aliphatic carboxylic acids is 1. The van der Waals surface area contributed by atoms with E-state index >= 15 is 0 Å². The van der Waals surface area contributed by atoms with Crippen LogP contribution in [0.2, 0.25) is 5.02 Å². The Morgan fingerprint density at radius 2 is 1.76 bits per heavy atom. The smallest absolute Gasteiger partial charge is 0.311 e. The minimum atomic E-state index is -1.27. The SMILES string of the molecule is Cc1ncc2c(c1C(C(=O)O)C1C[C@H](O[N+](=O)[O-])[C@H](O[N+](=O)[O-])C1)COC2c1ccc(Cl)cc1. The fraction of sp³-hybridized carbons (Fsp3) is 0.429. The highest BCUT2D eigenvalue weighted by Gasteiger charge is 2.47. The average molecular weight is 494 g/mol. The van der Waals surface area contributed by atoms with Gasteiger partial charge in [-0.1, -0.05) is 23.7 Å². The van der Waals surface area contributed by atoms with Crippen LogP contribution in [0.3, 0.4) is 0 Å². The molecule has 13 heteroatoms. The van der Waals surface area contributed by atoms with Gasteiger partial charge in [-0.2, -0.15) is 0 Å². The molecule has 1 aliphatic carbocycles. The van der Waals surface area contributed by atoms with Gasteiger partial charge in [0.2, 0.25) is 0 Å². The summed E-state index contributed by atoms with van der Waals surface area (Å²) in [6, 6.07) is 7.08. The summed E-state index contributed by atoms with van der Waals surface area (Å²) in [7, 11) is 0. The molecule has 1 aliphatic heterocycles. The van der Waals surface area contributed by atoms with Crippen LogP contribution in [-0.4, -0.2) is 38.4 Å². The molecule has 2 aromatic rings. The van der Waals surface area contributed by atoms with E-state index in [-0.39, 0.29) is 19.4 Å². The highest BCUT2D eigenvalue weighted by Crippen LogP contribution is 2.46. The number of benzene rings is 1. The molecular formula is C21H20ClN3O9. The zero-order valence-corrected chi connectivity index (χ0v) is 18.6. The van der Waals surface area contributed by atoms with Crippen molar-refractivity contribution in [2.45, 2.75) is 50.6 Å². The zero-order valence-electron chi connectivity index (χ0n) is 17.8. The summed E-state index contributed by atoms with van der Waals surface area (Å²) in [6.07, 6.45) is -1.58. The number of ether oxygens (including phenoxy) is 1. The number of aryl methyl sites for hydroxylation is 1. The summed E-state index contributed by atoms with van der Waals surface area (Å²) in [5.74, 6) is -3.05. The van der Waals surface area contributed by atoms with E-state index in [0.29, 0.717) is 27.4 Å². The largest absolute Gasteiger partial charge is 0.481 e. The third-order valence-corrected chi connectivity index (χ3v) is 6.54. The molecule has 2 aliphatic rings. The van der Waals surface area contributed by atoms with Crippen LogP contribution in [0.15, 0.2) is 30.5 Å². The maximum atomic E-state index is 12.5. The van der Waals surface area contributed by atoms with Crippen molar-refractivity contribution in [3.63, 3.8) is 0 Å². The van der Waals surface area contributed by atoms with Crippen molar-refractivity contribution in [3.05, 3.63) is 83.7 Å². The number of hydrogen-bond donors (Lipinski definition) is 1. The quantitative estimate of drug-likeness (QED) is 0.425. The topological polar surface area (TPSA) is 164 Å². The lowest BCUT2D eigenvalue weighted by molar-refractivity contribution is -0.797. The number of halogens is 1. The van der Waals surface area contributed by atoms with Crippen molar-refractivity contribution in [3.8, 4) is 0 Å². The Balaban J connectivity index is 1.70. The van der Waals surface area contributed by atoms with E-state index in [1.165, 1.54) is 0 Å². The number of pyridine rings is 1. The number of carboxylic acids is 1. The standard InChI is InChI=1S/C21H20ClN3O9/c1-10-18(15-9-32-20(14(15)8-23-10)11-2-4-13(22)5-3-11)19(21(26)27)12-6-16(33-24(28)29)17(7-12)34-25(30)31/h2-5,8,12,16-17,19-20H,6-7,9H2,1H3,(H,26,27)/t12?,16-,17+,19?,20?. The van der Waals surface area contributed by atoms with Crippen LogP contribution in [0, 0.1) is 33.1 Å². The van der Waals surface area contributed by atoms with Crippen LogP contribution in [0.25, 0.3) is 0 Å². The molecule has 0 bridgehead atoms. The van der Waals surface area contributed by atoms with Crippen LogP contribution in [0.4, 0.5) is 0 Å². The summed E-state index contributed by atoms with van der Waals surface area (Å²) in [4.78, 5) is 47.8. The molecule has 1 saturated carbocycles. The first-order valence-electron chi connectivity index (χ1n) is 10.4. The summed E-state index contributed by atoms with van der Waals surface area (Å²) >= 11 is 5.98. The van der Waals surface area contributed by atoms with Crippen molar-refractivity contribution in [1.29, 1.82) is 0 Å². The van der Waals surface area contributed by atoms with Gasteiger partial charge in [0.05, 0.1) is 12.5 Å². The number of nitrogens with zero attached hydrogens (tertiary/aromatic N) is 3. The van der Waals surface area contributed by atoms with E-state index < -0.39 is 46.3 Å². The van der Waals surface area contributed by atoms with Gasteiger partial charge in [0, 0.05) is 22.5 Å². The Morgan fingerprint density at radius 1 is 1.18 bits per heavy atom. The van der Waals surface area contributed by atoms with E-state index in [4.69, 9.17) is 16.3 Å². The second-order valence-corrected chi connectivity index (χ2v) is 8.65. The molecular weight excluding hydrogens is 474 g/mol. The Hall–Kier alpha value is -3.51. The van der Waals surface area contributed by atoms with Crippen LogP contribution < -0.4 is 0 Å². The van der Waals surface area contributed by atoms with Gasteiger partial charge in [0.15, 0.2) is 0 Å². The first kappa shape index (κ1) is 23.6. The number of fused-ring (bicyclic) bond motifs is 1. The van der Waals surface area contributed by atoms with Gasteiger partial charge < -0.3 is 19.5 Å². The number of carboxylic acid groups (broad SMARTS) is 1. The lowest BCUT2D eigenvalue weighted by atomic mass is 9.80. The second-order valence-electron chi connectivity index (χ2n) is 8.22. The Labute approximate surface area is 197 Å². The van der Waals surface area contributed by atoms with Crippen molar-refractivity contribution in [2.75, 3.05) is 0 Å². The molecule has 1 fully saturated rings. The molecule has 0 amide bonds. The predicted molar refractivity (Wildman–Crippen MR) is 114 cm³/mol. The van der Waals surface area contributed by atoms with Gasteiger partial charge in [-0.25, -0.2) is 0 Å². The molecule has 1 aromatic heterocycles. The van der Waals surface area contributed by atoms with Gasteiger partial charge in [0.25, 0.3) is 10.2 Å². The van der Waals surface area contributed by atoms with Crippen LogP contribution >= 0.6 is 11.6 Å². The third kappa shape index (κ3) is 4.59. The highest BCUT2D eigenvalue weighted by molar-refractivity contribution is 6.30. The van der Waals surface area contributed by atoms with Gasteiger partial charge in [0.1, 0.15) is 18.3 Å². The maximum Gasteiger partial charge on any atom is 0.311 e. The molecule has 180 valence electrons. The number of rotatable bonds is 8. The van der Waals surface area contributed by atoms with E-state index in [2.05, 4.69) is 14.7 Å². The average Bonchev–Trinajstić information content (AvgIpc) is 3.34. The normalized spacial score (nSPS) is 24.3. The van der Waals surface area contributed by atoms with E-state index in [1.807, 2.05) is 12.1 Å². The van der Waals surface area contributed by atoms with Crippen molar-refractivity contribution < 1.29 is 34.5 Å². The molecule has 0 radical (unpaired) electrons. The summed E-state index contributed by atoms with van der Waals surface area (Å²) in [5, 5.41) is 30.4. The lowest BCUT2D eigenvalue weighted by Crippen LogP contribution is -2.30. The van der Waals surface area contributed by atoms with E-state index in [9.17, 15) is 30.1 Å². The first-order chi connectivity index (χ1) is 16.2. The minimum Gasteiger partial charge on any atom is -0.481 e. The van der Waals surface area contributed by atoms with Gasteiger partial charge in [-0.15, -0.1) is 20.2 Å². The highest BCUT2D eigenvalue weighted by atomic mass is 35.5. The summed E-state index contributed by atoms with van der Waals surface area (Å²) in [6.45, 7) is 1.81. The monoisotopic (exact) mass is 493 g/mol. The van der Waals surface area contributed by atoms with Crippen molar-refractivity contribution >= 4 is 17.6 Å². The predicted octanol–water partition coefficient (Wildman–Crippen LogP) is 3.40.